The summed E-state index contributed by atoms with van der Waals surface area (Å²) >= 11 is 0. The van der Waals surface area contributed by atoms with E-state index in [0.717, 1.165) is 44.2 Å². The fourth-order valence-corrected chi connectivity index (χ4v) is 5.25. The third-order valence-corrected chi connectivity index (χ3v) is 7.35. The van der Waals surface area contributed by atoms with Crippen LogP contribution < -0.4 is 14.8 Å². The molecule has 2 aliphatic rings. The van der Waals surface area contributed by atoms with Gasteiger partial charge in [-0.1, -0.05) is 66.7 Å². The first-order chi connectivity index (χ1) is 21.6. The highest BCUT2D eigenvalue weighted by molar-refractivity contribution is 5.93. The van der Waals surface area contributed by atoms with E-state index in [1.54, 1.807) is 18.3 Å². The van der Waals surface area contributed by atoms with Crippen molar-refractivity contribution in [2.75, 3.05) is 46.1 Å². The highest BCUT2D eigenvalue weighted by Crippen LogP contribution is 2.33. The smallest absolute Gasteiger partial charge is 0.294 e. The van der Waals surface area contributed by atoms with Gasteiger partial charge in [0.25, 0.3) is 11.0 Å². The van der Waals surface area contributed by atoms with E-state index in [2.05, 4.69) is 97.7 Å². The number of ether oxygens (including phenoxy) is 2. The zero-order valence-electron chi connectivity index (χ0n) is 24.3. The second kappa shape index (κ2) is 15.5. The molecule has 0 atom stereocenters. The number of aromatic nitrogens is 1. The topological polar surface area (TPSA) is 119 Å². The number of fused-ring (bicyclic) bond motifs is 1. The van der Waals surface area contributed by atoms with Gasteiger partial charge in [-0.05, 0) is 41.0 Å². The fourth-order valence-electron chi connectivity index (χ4n) is 5.25. The van der Waals surface area contributed by atoms with Gasteiger partial charge in [0.05, 0.1) is 11.6 Å². The fraction of sp³-hybridized carbons (Fsp3) is 0.273. The molecule has 11 heteroatoms. The highest BCUT2D eigenvalue weighted by atomic mass is 16.9. The highest BCUT2D eigenvalue weighted by Gasteiger charge is 2.26. The number of rotatable bonds is 10. The van der Waals surface area contributed by atoms with Crippen molar-refractivity contribution in [3.8, 4) is 11.5 Å². The molecule has 6 rings (SSSR count). The molecule has 0 bridgehead atoms. The van der Waals surface area contributed by atoms with E-state index in [4.69, 9.17) is 9.47 Å². The number of nitrogens with zero attached hydrogens (tertiary/aromatic N) is 4. The number of carbonyl (C=O) groups excluding carboxylic acids is 1. The van der Waals surface area contributed by atoms with Crippen LogP contribution in [0, 0.1) is 10.1 Å². The van der Waals surface area contributed by atoms with Crippen LogP contribution in [-0.2, 0) is 11.4 Å². The average Bonchev–Trinajstić information content (AvgIpc) is 3.54. The molecule has 2 aliphatic heterocycles. The Morgan fingerprint density at radius 1 is 0.909 bits per heavy atom. The molecule has 0 spiro atoms. The summed E-state index contributed by atoms with van der Waals surface area (Å²) in [6.45, 7) is 5.42. The van der Waals surface area contributed by atoms with Crippen LogP contribution in [0.1, 0.15) is 33.1 Å². The molecule has 1 N–H and O–H groups in total. The van der Waals surface area contributed by atoms with Gasteiger partial charge in [-0.15, -0.1) is 10.1 Å². The van der Waals surface area contributed by atoms with Gasteiger partial charge in [0.1, 0.15) is 6.61 Å². The van der Waals surface area contributed by atoms with Crippen LogP contribution >= 0.6 is 0 Å². The normalized spacial score (nSPS) is 14.4. The van der Waals surface area contributed by atoms with E-state index < -0.39 is 5.09 Å². The molecular formula is C33H35N5O6. The van der Waals surface area contributed by atoms with Gasteiger partial charge in [-0.25, -0.2) is 0 Å². The molecule has 228 valence electrons. The van der Waals surface area contributed by atoms with Crippen molar-refractivity contribution in [2.24, 2.45) is 0 Å². The summed E-state index contributed by atoms with van der Waals surface area (Å²) in [6.07, 6.45) is 2.95. The number of carbonyl (C=O) groups is 1. The second-order valence-electron chi connectivity index (χ2n) is 10.3. The molecule has 0 radical (unpaired) electrons. The van der Waals surface area contributed by atoms with Gasteiger partial charge in [-0.2, -0.15) is 0 Å². The van der Waals surface area contributed by atoms with Crippen LogP contribution in [0.25, 0.3) is 0 Å². The van der Waals surface area contributed by atoms with Crippen LogP contribution in [0.5, 0.6) is 11.5 Å². The van der Waals surface area contributed by atoms with Gasteiger partial charge in [-0.3, -0.25) is 19.6 Å². The van der Waals surface area contributed by atoms with Gasteiger partial charge < -0.3 is 19.6 Å². The molecule has 1 fully saturated rings. The Labute approximate surface area is 256 Å². The maximum Gasteiger partial charge on any atom is 0.294 e. The van der Waals surface area contributed by atoms with Crippen LogP contribution in [0.15, 0.2) is 103 Å². The quantitative estimate of drug-likeness (QED) is 0.162. The summed E-state index contributed by atoms with van der Waals surface area (Å²) < 4.78 is 11.0. The summed E-state index contributed by atoms with van der Waals surface area (Å²) in [5.74, 6) is 1.39. The van der Waals surface area contributed by atoms with Crippen molar-refractivity contribution >= 4 is 5.91 Å². The van der Waals surface area contributed by atoms with Gasteiger partial charge in [0, 0.05) is 51.7 Å². The Morgan fingerprint density at radius 2 is 1.59 bits per heavy atom. The SMILES string of the molecule is O=C(NCCO[N+](=O)[O-])c1cccnc1.c1ccc(C(c2ccccc2)N2CCN(Cc3ccc4c(c3)OCO4)CC2)cc1. The van der Waals surface area contributed by atoms with Crippen molar-refractivity contribution < 1.29 is 24.2 Å². The van der Waals surface area contributed by atoms with E-state index >= 15 is 0 Å². The minimum absolute atomic E-state index is 0.0781. The maximum absolute atomic E-state index is 11.3. The van der Waals surface area contributed by atoms with Gasteiger partial charge >= 0.3 is 0 Å². The Bertz CT molecular complexity index is 1450. The number of benzene rings is 3. The molecule has 4 aromatic rings. The van der Waals surface area contributed by atoms with Crippen LogP contribution in [-0.4, -0.2) is 71.9 Å². The Morgan fingerprint density at radius 3 is 2.23 bits per heavy atom. The van der Waals surface area contributed by atoms with E-state index in [-0.39, 0.29) is 19.1 Å². The van der Waals surface area contributed by atoms with E-state index in [1.807, 2.05) is 6.07 Å². The van der Waals surface area contributed by atoms with Crippen LogP contribution in [0.4, 0.5) is 0 Å². The molecular weight excluding hydrogens is 562 g/mol. The summed E-state index contributed by atoms with van der Waals surface area (Å²) in [5, 5.41) is 11.3. The van der Waals surface area contributed by atoms with Crippen LogP contribution in [0.3, 0.4) is 0 Å². The number of hydrogen-bond donors (Lipinski definition) is 1. The molecule has 3 heterocycles. The van der Waals surface area contributed by atoms with E-state index in [9.17, 15) is 14.9 Å². The lowest BCUT2D eigenvalue weighted by atomic mass is 9.96. The first-order valence-corrected chi connectivity index (χ1v) is 14.5. The van der Waals surface area contributed by atoms with Crippen molar-refractivity contribution in [1.29, 1.82) is 0 Å². The summed E-state index contributed by atoms with van der Waals surface area (Å²) in [4.78, 5) is 34.0. The lowest BCUT2D eigenvalue weighted by molar-refractivity contribution is -0.757. The van der Waals surface area contributed by atoms with E-state index in [1.165, 1.54) is 22.9 Å². The van der Waals surface area contributed by atoms with Gasteiger partial charge in [0.2, 0.25) is 6.79 Å². The van der Waals surface area contributed by atoms with Crippen molar-refractivity contribution in [3.05, 3.63) is 136 Å². The molecule has 1 saturated heterocycles. The molecule has 0 unspecified atom stereocenters. The Kier molecular flexibility index (Phi) is 10.7. The largest absolute Gasteiger partial charge is 0.454 e. The average molecular weight is 598 g/mol. The number of piperazine rings is 1. The third kappa shape index (κ3) is 8.52. The zero-order valence-corrected chi connectivity index (χ0v) is 24.3. The number of nitrogens with one attached hydrogen (secondary N) is 1. The van der Waals surface area contributed by atoms with Gasteiger partial charge in [0.15, 0.2) is 11.5 Å². The molecule has 44 heavy (non-hydrogen) atoms. The van der Waals surface area contributed by atoms with Crippen molar-refractivity contribution in [2.45, 2.75) is 12.6 Å². The van der Waals surface area contributed by atoms with Crippen LogP contribution in [0.2, 0.25) is 0 Å². The Balaban J connectivity index is 0.000000217. The minimum atomic E-state index is -0.907. The lowest BCUT2D eigenvalue weighted by Crippen LogP contribution is -2.47. The standard InChI is InChI=1S/C25H26N2O2.C8H9N3O4/c1-3-7-21(8-4-1)25(22-9-5-2-6-10-22)27-15-13-26(14-16-27)18-20-11-12-23-24(17-20)29-19-28-23;12-8(7-2-1-3-9-6-7)10-4-5-15-11(13)14/h1-12,17,25H,13-16,18-19H2;1-3,6H,4-5H2,(H,10,12). The minimum Gasteiger partial charge on any atom is -0.454 e. The predicted octanol–water partition coefficient (Wildman–Crippen LogP) is 4.34. The Hall–Kier alpha value is -5.00. The second-order valence-corrected chi connectivity index (χ2v) is 10.3. The summed E-state index contributed by atoms with van der Waals surface area (Å²) in [5.41, 5.74) is 4.41. The maximum atomic E-state index is 11.3. The van der Waals surface area contributed by atoms with Crippen molar-refractivity contribution in [3.63, 3.8) is 0 Å². The molecule has 1 amide bonds. The summed E-state index contributed by atoms with van der Waals surface area (Å²) in [7, 11) is 0. The molecule has 3 aromatic carbocycles. The lowest BCUT2D eigenvalue weighted by Gasteiger charge is -2.39. The van der Waals surface area contributed by atoms with Crippen molar-refractivity contribution in [1.82, 2.24) is 20.1 Å². The summed E-state index contributed by atoms with van der Waals surface area (Å²) in [6, 6.07) is 31.6. The molecule has 0 aliphatic carbocycles. The number of amides is 1. The third-order valence-electron chi connectivity index (χ3n) is 7.35. The molecule has 0 saturated carbocycles. The monoisotopic (exact) mass is 597 g/mol. The number of hydrogen-bond acceptors (Lipinski definition) is 9. The molecule has 11 nitrogen and oxygen atoms in total. The molecule has 1 aromatic heterocycles. The predicted molar refractivity (Wildman–Crippen MR) is 164 cm³/mol. The first-order valence-electron chi connectivity index (χ1n) is 14.5. The zero-order chi connectivity index (χ0) is 30.6. The first kappa shape index (κ1) is 30.5. The van der Waals surface area contributed by atoms with E-state index in [0.29, 0.717) is 18.4 Å². The number of pyridine rings is 1.